The van der Waals surface area contributed by atoms with Crippen molar-refractivity contribution in [2.75, 3.05) is 26.3 Å². The maximum atomic E-state index is 13.9. The summed E-state index contributed by atoms with van der Waals surface area (Å²) >= 11 is 18.2. The lowest BCUT2D eigenvalue weighted by Crippen LogP contribution is -2.65. The van der Waals surface area contributed by atoms with Gasteiger partial charge in [-0.1, -0.05) is 53.9 Å². The number of rotatable bonds is 9. The average Bonchev–Trinajstić information content (AvgIpc) is 2.99. The monoisotopic (exact) mass is 764 g/mol. The minimum atomic E-state index is -2.00. The molecule has 10 nitrogen and oxygen atoms in total. The van der Waals surface area contributed by atoms with Gasteiger partial charge in [-0.25, -0.2) is 23.2 Å². The average molecular weight is 766 g/mol. The number of benzene rings is 2. The van der Waals surface area contributed by atoms with Gasteiger partial charge in [0.05, 0.1) is 30.9 Å². The Hall–Kier alpha value is -3.55. The maximum absolute atomic E-state index is 13.9. The van der Waals surface area contributed by atoms with E-state index >= 15 is 0 Å². The van der Waals surface area contributed by atoms with E-state index in [1.807, 2.05) is 0 Å². The summed E-state index contributed by atoms with van der Waals surface area (Å²) in [7, 11) is 0. The van der Waals surface area contributed by atoms with Gasteiger partial charge in [-0.05, 0) is 76.4 Å². The normalized spacial score (nSPS) is 18.8. The molecule has 274 valence electrons. The standard InChI is InChI=1S/C34H38Cl3F3N2O8/c1-18(17-48-28-24(39)12-11-23(38)27(28)40)16-47-21-9-7-19(8-10-21)22-13-20-14-41(30(45)49-32(2,3)4)15-25(26(22)29(43)44)42(20)31(46)50-33(5,6)34(35,36)37/h7-12,18,20,25H,13-17H2,1-6H3,(H,43,44)/t18-,20+,25+/m0/s1. The lowest BCUT2D eigenvalue weighted by Gasteiger charge is -2.50. The van der Waals surface area contributed by atoms with Gasteiger partial charge >= 0.3 is 18.2 Å². The number of carbonyl (C=O) groups is 3. The summed E-state index contributed by atoms with van der Waals surface area (Å²) in [6, 6.07) is 6.12. The van der Waals surface area contributed by atoms with Crippen molar-refractivity contribution < 1.29 is 51.6 Å². The first-order valence-electron chi connectivity index (χ1n) is 15.6. The number of fused-ring (bicyclic) bond motifs is 2. The lowest BCUT2D eigenvalue weighted by atomic mass is 9.82. The van der Waals surface area contributed by atoms with Gasteiger partial charge < -0.3 is 29.0 Å². The maximum Gasteiger partial charge on any atom is 0.411 e. The van der Waals surface area contributed by atoms with Crippen LogP contribution in [0.3, 0.4) is 0 Å². The summed E-state index contributed by atoms with van der Waals surface area (Å²) in [6.07, 6.45) is -1.55. The molecule has 2 amide bonds. The number of amides is 2. The third-order valence-electron chi connectivity index (χ3n) is 8.02. The number of hydrogen-bond donors (Lipinski definition) is 1. The molecule has 4 rings (SSSR count). The van der Waals surface area contributed by atoms with Gasteiger partial charge in [0.25, 0.3) is 0 Å². The molecule has 0 radical (unpaired) electrons. The van der Waals surface area contributed by atoms with Gasteiger partial charge in [0.2, 0.25) is 9.61 Å². The molecule has 1 fully saturated rings. The van der Waals surface area contributed by atoms with Crippen molar-refractivity contribution in [1.29, 1.82) is 0 Å². The first kappa shape index (κ1) is 39.2. The van der Waals surface area contributed by atoms with Gasteiger partial charge in [0.1, 0.15) is 11.4 Å². The summed E-state index contributed by atoms with van der Waals surface area (Å²) in [5.74, 6) is -5.75. The fourth-order valence-corrected chi connectivity index (χ4v) is 5.55. The molecule has 2 aromatic carbocycles. The van der Waals surface area contributed by atoms with E-state index in [4.69, 9.17) is 53.8 Å². The number of aliphatic carboxylic acids is 1. The van der Waals surface area contributed by atoms with Gasteiger partial charge in [0.15, 0.2) is 23.0 Å². The quantitative estimate of drug-likeness (QED) is 0.202. The molecule has 2 aliphatic heterocycles. The van der Waals surface area contributed by atoms with Crippen molar-refractivity contribution in [3.63, 3.8) is 0 Å². The van der Waals surface area contributed by atoms with Crippen LogP contribution in [0.5, 0.6) is 11.5 Å². The highest BCUT2D eigenvalue weighted by atomic mass is 35.6. The Labute approximate surface area is 302 Å². The molecule has 1 saturated heterocycles. The second-order valence-electron chi connectivity index (χ2n) is 13.7. The minimum absolute atomic E-state index is 0.00961. The Bertz CT molecular complexity index is 1640. The van der Waals surface area contributed by atoms with E-state index in [1.54, 1.807) is 52.0 Å². The third-order valence-corrected chi connectivity index (χ3v) is 9.39. The van der Waals surface area contributed by atoms with E-state index < -0.39 is 68.4 Å². The Morgan fingerprint density at radius 3 is 2.06 bits per heavy atom. The second kappa shape index (κ2) is 15.0. The van der Waals surface area contributed by atoms with Crippen LogP contribution in [0, 0.1) is 23.4 Å². The van der Waals surface area contributed by atoms with E-state index in [-0.39, 0.29) is 44.2 Å². The SMILES string of the molecule is C[C@@H](COc1ccc(C2=C(C(=O)O)[C@H]3CN(C(=O)OC(C)(C)C)C[C@@H](C2)N3C(=O)OC(C)(C)C(Cl)(Cl)Cl)cc1)COc1c(F)ccc(F)c1F. The zero-order valence-electron chi connectivity index (χ0n) is 28.2. The van der Waals surface area contributed by atoms with Crippen molar-refractivity contribution in [3.8, 4) is 11.5 Å². The fraction of sp³-hybridized carbons (Fsp3) is 0.500. The molecule has 16 heteroatoms. The highest BCUT2D eigenvalue weighted by molar-refractivity contribution is 6.68. The minimum Gasteiger partial charge on any atom is -0.493 e. The molecule has 0 saturated carbocycles. The predicted octanol–water partition coefficient (Wildman–Crippen LogP) is 8.02. The van der Waals surface area contributed by atoms with Crippen molar-refractivity contribution in [1.82, 2.24) is 9.80 Å². The van der Waals surface area contributed by atoms with Gasteiger partial charge in [-0.15, -0.1) is 0 Å². The summed E-state index contributed by atoms with van der Waals surface area (Å²) in [5.41, 5.74) is -1.56. The molecule has 0 unspecified atom stereocenters. The van der Waals surface area contributed by atoms with Crippen LogP contribution in [-0.4, -0.2) is 86.4 Å². The van der Waals surface area contributed by atoms with Crippen LogP contribution in [-0.2, 0) is 14.3 Å². The number of alkyl halides is 3. The van der Waals surface area contributed by atoms with E-state index in [2.05, 4.69) is 0 Å². The molecule has 2 aromatic rings. The van der Waals surface area contributed by atoms with E-state index in [0.717, 1.165) is 6.07 Å². The van der Waals surface area contributed by atoms with E-state index in [0.29, 0.717) is 23.0 Å². The van der Waals surface area contributed by atoms with Crippen LogP contribution < -0.4 is 9.47 Å². The predicted molar refractivity (Wildman–Crippen MR) is 180 cm³/mol. The molecule has 1 N–H and O–H groups in total. The summed E-state index contributed by atoms with van der Waals surface area (Å²) in [6.45, 7) is 9.36. The number of carboxylic acid groups (broad SMARTS) is 1. The number of piperazine rings is 1. The first-order valence-corrected chi connectivity index (χ1v) is 16.7. The third kappa shape index (κ3) is 9.02. The highest BCUT2D eigenvalue weighted by Gasteiger charge is 2.51. The molecule has 2 bridgehead atoms. The molecule has 50 heavy (non-hydrogen) atoms. The number of carboxylic acids is 1. The molecule has 0 aromatic heterocycles. The van der Waals surface area contributed by atoms with Crippen LogP contribution in [0.2, 0.25) is 0 Å². The number of ether oxygens (including phenoxy) is 4. The van der Waals surface area contributed by atoms with Crippen molar-refractivity contribution in [2.24, 2.45) is 5.92 Å². The number of carbonyl (C=O) groups excluding carboxylic acids is 2. The fourth-order valence-electron chi connectivity index (χ4n) is 5.44. The van der Waals surface area contributed by atoms with Gasteiger partial charge in [-0.2, -0.15) is 4.39 Å². The van der Waals surface area contributed by atoms with Crippen LogP contribution >= 0.6 is 34.8 Å². The van der Waals surface area contributed by atoms with E-state index in [9.17, 15) is 32.7 Å². The summed E-state index contributed by atoms with van der Waals surface area (Å²) < 4.78 is 61.4. The van der Waals surface area contributed by atoms with Crippen LogP contribution in [0.15, 0.2) is 42.0 Å². The largest absolute Gasteiger partial charge is 0.493 e. The molecule has 2 aliphatic rings. The second-order valence-corrected chi connectivity index (χ2v) is 15.9. The topological polar surface area (TPSA) is 115 Å². The zero-order chi connectivity index (χ0) is 37.3. The smallest absolute Gasteiger partial charge is 0.411 e. The van der Waals surface area contributed by atoms with Crippen molar-refractivity contribution >= 4 is 58.5 Å². The Morgan fingerprint density at radius 2 is 1.48 bits per heavy atom. The van der Waals surface area contributed by atoms with Crippen LogP contribution in [0.4, 0.5) is 22.8 Å². The van der Waals surface area contributed by atoms with Gasteiger partial charge in [0, 0.05) is 19.0 Å². The Kier molecular flexibility index (Phi) is 11.7. The van der Waals surface area contributed by atoms with E-state index in [1.165, 1.54) is 23.6 Å². The molecular formula is C34H38Cl3F3N2O8. The van der Waals surface area contributed by atoms with Crippen LogP contribution in [0.25, 0.3) is 5.57 Å². The number of hydrogen-bond acceptors (Lipinski definition) is 7. The Morgan fingerprint density at radius 1 is 0.880 bits per heavy atom. The zero-order valence-corrected chi connectivity index (χ0v) is 30.5. The van der Waals surface area contributed by atoms with Gasteiger partial charge in [-0.3, -0.25) is 4.90 Å². The molecule has 0 aliphatic carbocycles. The van der Waals surface area contributed by atoms with Crippen molar-refractivity contribution in [3.05, 3.63) is 65.0 Å². The molecule has 2 heterocycles. The lowest BCUT2D eigenvalue weighted by molar-refractivity contribution is -0.134. The first-order chi connectivity index (χ1) is 23.1. The molecule has 0 spiro atoms. The van der Waals surface area contributed by atoms with Crippen molar-refractivity contribution in [2.45, 2.75) is 75.0 Å². The number of halogens is 6. The number of nitrogens with zero attached hydrogens (tertiary/aromatic N) is 2. The molecular weight excluding hydrogens is 728 g/mol. The summed E-state index contributed by atoms with van der Waals surface area (Å²) in [5, 5.41) is 10.5. The Balaban J connectivity index is 1.56. The molecule has 3 atom stereocenters. The summed E-state index contributed by atoms with van der Waals surface area (Å²) in [4.78, 5) is 42.3. The van der Waals surface area contributed by atoms with Crippen LogP contribution in [0.1, 0.15) is 53.5 Å². The highest BCUT2D eigenvalue weighted by Crippen LogP contribution is 2.43.